The van der Waals surface area contributed by atoms with Gasteiger partial charge in [-0.15, -0.1) is 0 Å². The van der Waals surface area contributed by atoms with Gasteiger partial charge in [0.15, 0.2) is 0 Å². The molecule has 0 aromatic carbocycles. The fourth-order valence-electron chi connectivity index (χ4n) is 1.22. The van der Waals surface area contributed by atoms with Crippen molar-refractivity contribution in [3.8, 4) is 0 Å². The zero-order chi connectivity index (χ0) is 10.9. The molecular formula is C9H14BrN2NaO2. The molecule has 4 nitrogen and oxygen atoms in total. The average molecular weight is 285 g/mol. The molecule has 0 bridgehead atoms. The number of aromatic amines is 1. The second kappa shape index (κ2) is 6.03. The van der Waals surface area contributed by atoms with Crippen molar-refractivity contribution >= 4 is 45.5 Å². The van der Waals surface area contributed by atoms with Crippen molar-refractivity contribution in [3.05, 3.63) is 31.0 Å². The summed E-state index contributed by atoms with van der Waals surface area (Å²) in [6.45, 7) is 5.47. The Kier molecular flexibility index (Phi) is 6.10. The van der Waals surface area contributed by atoms with E-state index in [1.165, 1.54) is 4.57 Å². The predicted octanol–water partition coefficient (Wildman–Crippen LogP) is 0.930. The number of nitrogens with zero attached hydrogens (tertiary/aromatic N) is 1. The van der Waals surface area contributed by atoms with Crippen LogP contribution in [0.2, 0.25) is 0 Å². The first kappa shape index (κ1) is 15.2. The first-order chi connectivity index (χ1) is 6.49. The molecule has 1 aromatic heterocycles. The van der Waals surface area contributed by atoms with E-state index in [2.05, 4.69) is 20.9 Å². The van der Waals surface area contributed by atoms with Gasteiger partial charge in [-0.3, -0.25) is 9.36 Å². The molecule has 0 saturated carbocycles. The molecule has 0 saturated heterocycles. The number of rotatable bonds is 2. The van der Waals surface area contributed by atoms with E-state index in [0.29, 0.717) is 10.2 Å². The SMILES string of the molecule is CCC(C)n1c(=O)[nH]c(C)c(Br)c1=O.[NaH]. The van der Waals surface area contributed by atoms with Crippen LogP contribution in [-0.2, 0) is 0 Å². The Morgan fingerprint density at radius 1 is 1.47 bits per heavy atom. The fourth-order valence-corrected chi connectivity index (χ4v) is 1.51. The third-order valence-electron chi connectivity index (χ3n) is 2.28. The Morgan fingerprint density at radius 2 is 2.00 bits per heavy atom. The second-order valence-electron chi connectivity index (χ2n) is 3.30. The van der Waals surface area contributed by atoms with Crippen LogP contribution in [0.1, 0.15) is 32.0 Å². The zero-order valence-electron chi connectivity index (χ0n) is 8.43. The van der Waals surface area contributed by atoms with Crippen LogP contribution in [0.4, 0.5) is 0 Å². The number of hydrogen-bond acceptors (Lipinski definition) is 2. The van der Waals surface area contributed by atoms with E-state index in [1.807, 2.05) is 13.8 Å². The quantitative estimate of drug-likeness (QED) is 0.822. The van der Waals surface area contributed by atoms with Crippen LogP contribution in [0.25, 0.3) is 0 Å². The Balaban J connectivity index is 0.00000196. The van der Waals surface area contributed by atoms with Crippen molar-refractivity contribution < 1.29 is 0 Å². The van der Waals surface area contributed by atoms with E-state index in [-0.39, 0.29) is 46.8 Å². The number of aromatic nitrogens is 2. The number of nitrogens with one attached hydrogen (secondary N) is 1. The van der Waals surface area contributed by atoms with Crippen LogP contribution in [0.5, 0.6) is 0 Å². The third-order valence-corrected chi connectivity index (χ3v) is 3.21. The van der Waals surface area contributed by atoms with Crippen LogP contribution in [0.15, 0.2) is 14.1 Å². The van der Waals surface area contributed by atoms with Crippen LogP contribution in [0.3, 0.4) is 0 Å². The number of hydrogen-bond donors (Lipinski definition) is 1. The molecule has 15 heavy (non-hydrogen) atoms. The summed E-state index contributed by atoms with van der Waals surface area (Å²) < 4.78 is 1.66. The summed E-state index contributed by atoms with van der Waals surface area (Å²) in [5, 5.41) is 0. The number of aryl methyl sites for hydroxylation is 1. The zero-order valence-corrected chi connectivity index (χ0v) is 10.0. The normalized spacial score (nSPS) is 12.0. The average Bonchev–Trinajstić information content (AvgIpc) is 2.14. The van der Waals surface area contributed by atoms with Crippen molar-refractivity contribution in [3.63, 3.8) is 0 Å². The van der Waals surface area contributed by atoms with Crippen molar-refractivity contribution in [1.29, 1.82) is 0 Å². The number of H-pyrrole nitrogens is 1. The summed E-state index contributed by atoms with van der Waals surface area (Å²) >= 11 is 3.16. The molecule has 80 valence electrons. The standard InChI is InChI=1S/C9H13BrN2O2.Na.H/c1-4-5(2)12-8(13)7(10)6(3)11-9(12)14;;/h5H,4H2,1-3H3,(H,11,14);;. The van der Waals surface area contributed by atoms with E-state index >= 15 is 0 Å². The molecule has 1 N–H and O–H groups in total. The number of halogens is 1. The van der Waals surface area contributed by atoms with Gasteiger partial charge < -0.3 is 4.98 Å². The molecule has 0 fully saturated rings. The summed E-state index contributed by atoms with van der Waals surface area (Å²) in [6, 6.07) is -0.0804. The monoisotopic (exact) mass is 284 g/mol. The molecule has 6 heteroatoms. The predicted molar refractivity (Wildman–Crippen MR) is 65.9 cm³/mol. The minimum atomic E-state index is -0.343. The van der Waals surface area contributed by atoms with Gasteiger partial charge in [-0.2, -0.15) is 0 Å². The van der Waals surface area contributed by atoms with E-state index in [4.69, 9.17) is 0 Å². The summed E-state index contributed by atoms with van der Waals surface area (Å²) in [6.07, 6.45) is 0.748. The van der Waals surface area contributed by atoms with Gasteiger partial charge in [0.05, 0.1) is 0 Å². The minimum absolute atomic E-state index is 0. The summed E-state index contributed by atoms with van der Waals surface area (Å²) in [7, 11) is 0. The van der Waals surface area contributed by atoms with E-state index in [9.17, 15) is 9.59 Å². The Hall–Kier alpha value is 0.160. The summed E-state index contributed by atoms with van der Waals surface area (Å²) in [5.41, 5.74) is -0.0368. The van der Waals surface area contributed by atoms with E-state index < -0.39 is 0 Å². The second-order valence-corrected chi connectivity index (χ2v) is 4.09. The Labute approximate surface area is 119 Å². The molecule has 0 amide bonds. The van der Waals surface area contributed by atoms with Gasteiger partial charge in [-0.25, -0.2) is 4.79 Å². The molecule has 0 radical (unpaired) electrons. The third kappa shape index (κ3) is 3.06. The van der Waals surface area contributed by atoms with Crippen molar-refractivity contribution in [1.82, 2.24) is 9.55 Å². The topological polar surface area (TPSA) is 54.9 Å². The molecule has 0 spiro atoms. The summed E-state index contributed by atoms with van der Waals surface area (Å²) in [5.74, 6) is 0. The Morgan fingerprint density at radius 3 is 2.47 bits per heavy atom. The molecular weight excluding hydrogens is 271 g/mol. The maximum absolute atomic E-state index is 11.7. The molecule has 1 rings (SSSR count). The molecule has 1 unspecified atom stereocenters. The van der Waals surface area contributed by atoms with Gasteiger partial charge >= 0.3 is 35.2 Å². The molecule has 0 aliphatic carbocycles. The molecule has 1 heterocycles. The van der Waals surface area contributed by atoms with Crippen molar-refractivity contribution in [2.24, 2.45) is 0 Å². The van der Waals surface area contributed by atoms with Gasteiger partial charge in [0.2, 0.25) is 0 Å². The summed E-state index contributed by atoms with van der Waals surface area (Å²) in [4.78, 5) is 25.8. The van der Waals surface area contributed by atoms with E-state index in [1.54, 1.807) is 6.92 Å². The van der Waals surface area contributed by atoms with E-state index in [0.717, 1.165) is 6.42 Å². The molecule has 0 aliphatic rings. The first-order valence-corrected chi connectivity index (χ1v) is 5.29. The maximum atomic E-state index is 11.7. The van der Waals surface area contributed by atoms with Crippen LogP contribution in [0, 0.1) is 6.92 Å². The first-order valence-electron chi connectivity index (χ1n) is 4.50. The molecule has 1 atom stereocenters. The van der Waals surface area contributed by atoms with Crippen molar-refractivity contribution in [2.75, 3.05) is 0 Å². The molecule has 0 aliphatic heterocycles. The van der Waals surface area contributed by atoms with Crippen LogP contribution < -0.4 is 11.2 Å². The fraction of sp³-hybridized carbons (Fsp3) is 0.556. The van der Waals surface area contributed by atoms with Gasteiger partial charge in [0.25, 0.3) is 5.56 Å². The van der Waals surface area contributed by atoms with Gasteiger partial charge in [0, 0.05) is 11.7 Å². The van der Waals surface area contributed by atoms with Crippen LogP contribution in [-0.4, -0.2) is 39.1 Å². The van der Waals surface area contributed by atoms with Gasteiger partial charge in [0.1, 0.15) is 4.47 Å². The molecule has 1 aromatic rings. The van der Waals surface area contributed by atoms with Gasteiger partial charge in [-0.1, -0.05) is 6.92 Å². The Bertz CT molecular complexity index is 452. The van der Waals surface area contributed by atoms with Gasteiger partial charge in [-0.05, 0) is 36.2 Å². The van der Waals surface area contributed by atoms with Crippen molar-refractivity contribution in [2.45, 2.75) is 33.2 Å². The van der Waals surface area contributed by atoms with Crippen LogP contribution >= 0.6 is 15.9 Å².